The van der Waals surface area contributed by atoms with E-state index in [0.29, 0.717) is 18.8 Å². The van der Waals surface area contributed by atoms with Gasteiger partial charge in [-0.2, -0.15) is 0 Å². The Hall–Kier alpha value is -3.52. The molecule has 0 unspecified atom stereocenters. The molecule has 0 aromatic heterocycles. The van der Waals surface area contributed by atoms with Gasteiger partial charge in [0.2, 0.25) is 17.7 Å². The summed E-state index contributed by atoms with van der Waals surface area (Å²) >= 11 is 0. The molecular weight excluding hydrogens is 449 g/mol. The smallest absolute Gasteiger partial charge is 0.246 e. The third-order valence-corrected chi connectivity index (χ3v) is 6.91. The highest BCUT2D eigenvalue weighted by Crippen LogP contribution is 2.55. The number of ether oxygens (including phenoxy) is 1. The molecule has 3 aliphatic rings. The number of fused-ring (bicyclic) bond motifs is 1. The lowest BCUT2D eigenvalue weighted by Crippen LogP contribution is -2.55. The molecule has 35 heavy (non-hydrogen) atoms. The summed E-state index contributed by atoms with van der Waals surface area (Å²) in [5, 5.41) is 5.74. The van der Waals surface area contributed by atoms with Gasteiger partial charge in [-0.15, -0.1) is 0 Å². The highest BCUT2D eigenvalue weighted by Gasteiger charge is 2.72. The normalized spacial score (nSPS) is 28.5. The van der Waals surface area contributed by atoms with Crippen LogP contribution in [-0.2, 0) is 25.7 Å². The van der Waals surface area contributed by atoms with Gasteiger partial charge < -0.3 is 20.3 Å². The highest BCUT2D eigenvalue weighted by molar-refractivity contribution is 6.02. The Morgan fingerprint density at radius 1 is 1.09 bits per heavy atom. The van der Waals surface area contributed by atoms with Gasteiger partial charge >= 0.3 is 0 Å². The number of likely N-dealkylation sites (tertiary alicyclic amines) is 1. The molecule has 182 valence electrons. The van der Waals surface area contributed by atoms with Crippen molar-refractivity contribution in [3.8, 4) is 0 Å². The molecular formula is C27H28FN3O4. The molecule has 8 heteroatoms. The van der Waals surface area contributed by atoms with Gasteiger partial charge in [-0.1, -0.05) is 56.3 Å². The summed E-state index contributed by atoms with van der Waals surface area (Å²) in [6.45, 7) is 4.65. The number of amides is 3. The molecule has 0 saturated carbocycles. The molecule has 0 radical (unpaired) electrons. The quantitative estimate of drug-likeness (QED) is 0.601. The molecule has 2 N–H and O–H groups in total. The number of hydrogen-bond donors (Lipinski definition) is 2. The first-order chi connectivity index (χ1) is 16.8. The largest absolute Gasteiger partial charge is 0.359 e. The molecule has 2 fully saturated rings. The number of benzene rings is 2. The van der Waals surface area contributed by atoms with Crippen LogP contribution in [0, 0.1) is 23.6 Å². The van der Waals surface area contributed by atoms with Gasteiger partial charge in [-0.25, -0.2) is 4.39 Å². The van der Waals surface area contributed by atoms with E-state index in [9.17, 15) is 18.8 Å². The van der Waals surface area contributed by atoms with Crippen LogP contribution in [0.25, 0.3) is 0 Å². The van der Waals surface area contributed by atoms with Gasteiger partial charge in [0, 0.05) is 18.8 Å². The van der Waals surface area contributed by atoms with Crippen molar-refractivity contribution in [3.63, 3.8) is 0 Å². The number of hydrogen-bond acceptors (Lipinski definition) is 4. The number of nitrogens with one attached hydrogen (secondary N) is 2. The topological polar surface area (TPSA) is 87.7 Å². The van der Waals surface area contributed by atoms with Crippen LogP contribution in [0.3, 0.4) is 0 Å². The van der Waals surface area contributed by atoms with E-state index in [0.717, 1.165) is 5.56 Å². The van der Waals surface area contributed by atoms with E-state index in [1.165, 1.54) is 24.3 Å². The van der Waals surface area contributed by atoms with Gasteiger partial charge in [-0.05, 0) is 35.7 Å². The van der Waals surface area contributed by atoms with Gasteiger partial charge in [0.25, 0.3) is 0 Å². The molecule has 2 aromatic carbocycles. The Bertz CT molecular complexity index is 1170. The van der Waals surface area contributed by atoms with Crippen LogP contribution in [0.4, 0.5) is 10.1 Å². The first-order valence-corrected chi connectivity index (χ1v) is 11.9. The monoisotopic (exact) mass is 477 g/mol. The zero-order chi connectivity index (χ0) is 24.7. The molecule has 2 saturated heterocycles. The maximum Gasteiger partial charge on any atom is 0.246 e. The van der Waals surface area contributed by atoms with Gasteiger partial charge in [0.15, 0.2) is 0 Å². The van der Waals surface area contributed by atoms with Crippen molar-refractivity contribution in [2.24, 2.45) is 17.8 Å². The zero-order valence-corrected chi connectivity index (χ0v) is 19.6. The summed E-state index contributed by atoms with van der Waals surface area (Å²) in [4.78, 5) is 42.1. The molecule has 3 aliphatic heterocycles. The van der Waals surface area contributed by atoms with E-state index in [4.69, 9.17) is 4.74 Å². The second-order valence-electron chi connectivity index (χ2n) is 9.79. The van der Waals surface area contributed by atoms with Gasteiger partial charge in [0.05, 0.1) is 17.9 Å². The summed E-state index contributed by atoms with van der Waals surface area (Å²) in [6.07, 6.45) is 2.94. The lowest BCUT2D eigenvalue weighted by atomic mass is 9.74. The number of anilines is 1. The predicted octanol–water partition coefficient (Wildman–Crippen LogP) is 2.89. The minimum atomic E-state index is -1.21. The number of halogens is 1. The minimum absolute atomic E-state index is 0.117. The fraction of sp³-hybridized carbons (Fsp3) is 0.370. The van der Waals surface area contributed by atoms with Crippen molar-refractivity contribution in [1.82, 2.24) is 10.2 Å². The van der Waals surface area contributed by atoms with Gasteiger partial charge in [0.1, 0.15) is 17.5 Å². The van der Waals surface area contributed by atoms with Crippen molar-refractivity contribution in [2.75, 3.05) is 11.9 Å². The Balaban J connectivity index is 1.42. The summed E-state index contributed by atoms with van der Waals surface area (Å²) in [5.74, 6) is -2.86. The van der Waals surface area contributed by atoms with Crippen molar-refractivity contribution < 1.29 is 23.5 Å². The van der Waals surface area contributed by atoms with E-state index in [1.54, 1.807) is 17.1 Å². The SMILES string of the molecule is CC(C)CN1C(=O)[C@H]2[C@@H](C(=O)Nc3ccc(F)cc3)[C@H]3C=C[C@@]2(O3)[C@@H]1C(=O)NCc1ccccc1. The lowest BCUT2D eigenvalue weighted by Gasteiger charge is -2.32. The Kier molecular flexibility index (Phi) is 5.92. The predicted molar refractivity (Wildman–Crippen MR) is 127 cm³/mol. The molecule has 5 rings (SSSR count). The van der Waals surface area contributed by atoms with Crippen LogP contribution in [0.5, 0.6) is 0 Å². The van der Waals surface area contributed by atoms with E-state index in [2.05, 4.69) is 10.6 Å². The summed E-state index contributed by atoms with van der Waals surface area (Å²) in [7, 11) is 0. The Labute approximate surface area is 203 Å². The first kappa shape index (κ1) is 23.2. The van der Waals surface area contributed by atoms with Crippen molar-refractivity contribution in [3.05, 3.63) is 78.1 Å². The number of nitrogens with zero attached hydrogens (tertiary/aromatic N) is 1. The minimum Gasteiger partial charge on any atom is -0.359 e. The molecule has 2 aromatic rings. The molecule has 3 amide bonds. The summed E-state index contributed by atoms with van der Waals surface area (Å²) < 4.78 is 19.6. The van der Waals surface area contributed by atoms with Crippen LogP contribution >= 0.6 is 0 Å². The summed E-state index contributed by atoms with van der Waals surface area (Å²) in [6, 6.07) is 14.1. The number of rotatable bonds is 7. The average molecular weight is 478 g/mol. The standard InChI is InChI=1S/C27H28FN3O4/c1-16(2)15-31-23(25(33)29-14-17-6-4-3-5-7-17)27-13-12-20(35-27)21(22(27)26(31)34)24(32)30-19-10-8-18(28)9-11-19/h3-13,16,20-23H,14-15H2,1-2H3,(H,29,33)(H,30,32)/t20-,21+,22-,23+,27+/m1/s1. The maximum atomic E-state index is 13.7. The fourth-order valence-electron chi connectivity index (χ4n) is 5.50. The van der Waals surface area contributed by atoms with Crippen molar-refractivity contribution >= 4 is 23.4 Å². The second kappa shape index (κ2) is 8.92. The average Bonchev–Trinajstić information content (AvgIpc) is 3.47. The van der Waals surface area contributed by atoms with E-state index in [1.807, 2.05) is 44.2 Å². The molecule has 5 atom stereocenters. The lowest BCUT2D eigenvalue weighted by molar-refractivity contribution is -0.141. The van der Waals surface area contributed by atoms with Crippen LogP contribution < -0.4 is 10.6 Å². The van der Waals surface area contributed by atoms with Crippen LogP contribution in [0.1, 0.15) is 19.4 Å². The molecule has 2 bridgehead atoms. The fourth-order valence-corrected chi connectivity index (χ4v) is 5.50. The van der Waals surface area contributed by atoms with Crippen molar-refractivity contribution in [2.45, 2.75) is 38.1 Å². The van der Waals surface area contributed by atoms with Crippen LogP contribution in [0.2, 0.25) is 0 Å². The van der Waals surface area contributed by atoms with Crippen LogP contribution in [0.15, 0.2) is 66.7 Å². The number of carbonyl (C=O) groups excluding carboxylic acids is 3. The van der Waals surface area contributed by atoms with Gasteiger partial charge in [-0.3, -0.25) is 14.4 Å². The third kappa shape index (κ3) is 4.01. The van der Waals surface area contributed by atoms with E-state index in [-0.39, 0.29) is 23.6 Å². The van der Waals surface area contributed by atoms with E-state index < -0.39 is 35.4 Å². The maximum absolute atomic E-state index is 13.7. The Morgan fingerprint density at radius 2 is 1.80 bits per heavy atom. The first-order valence-electron chi connectivity index (χ1n) is 11.9. The number of carbonyl (C=O) groups is 3. The van der Waals surface area contributed by atoms with E-state index >= 15 is 0 Å². The highest BCUT2D eigenvalue weighted by atomic mass is 19.1. The molecule has 7 nitrogen and oxygen atoms in total. The Morgan fingerprint density at radius 3 is 2.49 bits per heavy atom. The second-order valence-corrected chi connectivity index (χ2v) is 9.79. The van der Waals surface area contributed by atoms with Crippen LogP contribution in [-0.4, -0.2) is 46.9 Å². The third-order valence-electron chi connectivity index (χ3n) is 6.91. The molecule has 0 aliphatic carbocycles. The molecule has 1 spiro atoms. The molecule has 3 heterocycles. The zero-order valence-electron chi connectivity index (χ0n) is 19.6. The van der Waals surface area contributed by atoms with Crippen molar-refractivity contribution in [1.29, 1.82) is 0 Å². The summed E-state index contributed by atoms with van der Waals surface area (Å²) in [5.41, 5.74) is 0.166.